The number of fused-ring (bicyclic) bond motifs is 1. The van der Waals surface area contributed by atoms with Gasteiger partial charge in [0.05, 0.1) is 5.02 Å². The molecule has 17 heavy (non-hydrogen) atoms. The van der Waals surface area contributed by atoms with Crippen LogP contribution in [-0.4, -0.2) is 25.8 Å². The van der Waals surface area contributed by atoms with Gasteiger partial charge in [-0.3, -0.25) is 0 Å². The quantitative estimate of drug-likeness (QED) is 0.878. The molecule has 2 heterocycles. The van der Waals surface area contributed by atoms with E-state index in [2.05, 4.69) is 11.4 Å². The van der Waals surface area contributed by atoms with E-state index in [-0.39, 0.29) is 0 Å². The van der Waals surface area contributed by atoms with Gasteiger partial charge in [-0.1, -0.05) is 17.7 Å². The van der Waals surface area contributed by atoms with Gasteiger partial charge in [-0.15, -0.1) is 0 Å². The van der Waals surface area contributed by atoms with Gasteiger partial charge in [0.25, 0.3) is 0 Å². The number of benzene rings is 1. The Kier molecular flexibility index (Phi) is 3.12. The van der Waals surface area contributed by atoms with Crippen molar-refractivity contribution in [2.75, 3.05) is 19.8 Å². The third-order valence-electron chi connectivity index (χ3n) is 3.36. The van der Waals surface area contributed by atoms with Crippen LogP contribution in [0.3, 0.4) is 0 Å². The fourth-order valence-electron chi connectivity index (χ4n) is 2.48. The van der Waals surface area contributed by atoms with Crippen LogP contribution in [0.25, 0.3) is 0 Å². The van der Waals surface area contributed by atoms with Crippen LogP contribution in [-0.2, 0) is 6.42 Å². The molecule has 92 valence electrons. The minimum absolute atomic E-state index is 0.551. The lowest BCUT2D eigenvalue weighted by Gasteiger charge is -2.21. The highest BCUT2D eigenvalue weighted by Crippen LogP contribution is 2.39. The summed E-state index contributed by atoms with van der Waals surface area (Å²) < 4.78 is 11.1. The molecule has 3 nitrogen and oxygen atoms in total. The summed E-state index contributed by atoms with van der Waals surface area (Å²) in [5.41, 5.74) is 1.15. The fraction of sp³-hybridized carbons (Fsp3) is 0.538. The van der Waals surface area contributed by atoms with Gasteiger partial charge in [0.1, 0.15) is 13.2 Å². The topological polar surface area (TPSA) is 30.5 Å². The Morgan fingerprint density at radius 2 is 2.18 bits per heavy atom. The van der Waals surface area contributed by atoms with Gasteiger partial charge >= 0.3 is 0 Å². The van der Waals surface area contributed by atoms with E-state index in [0.717, 1.165) is 29.3 Å². The molecule has 3 rings (SSSR count). The van der Waals surface area contributed by atoms with Crippen molar-refractivity contribution in [3.63, 3.8) is 0 Å². The standard InChI is InChI=1S/C13H16ClNO2/c14-12-9(8-10-2-1-5-15-10)3-4-11-13(12)17-7-6-16-11/h3-4,10,15H,1-2,5-8H2. The summed E-state index contributed by atoms with van der Waals surface area (Å²) in [4.78, 5) is 0. The number of halogens is 1. The van der Waals surface area contributed by atoms with Gasteiger partial charge in [0.2, 0.25) is 0 Å². The minimum atomic E-state index is 0.551. The second-order valence-electron chi connectivity index (χ2n) is 4.56. The summed E-state index contributed by atoms with van der Waals surface area (Å²) >= 11 is 6.37. The zero-order valence-electron chi connectivity index (χ0n) is 9.67. The van der Waals surface area contributed by atoms with Crippen molar-refractivity contribution in [3.8, 4) is 11.5 Å². The predicted octanol–water partition coefficient (Wildman–Crippen LogP) is 2.41. The maximum atomic E-state index is 6.37. The molecule has 1 fully saturated rings. The summed E-state index contributed by atoms with van der Waals surface area (Å²) in [7, 11) is 0. The van der Waals surface area contributed by atoms with E-state index in [9.17, 15) is 0 Å². The van der Waals surface area contributed by atoms with E-state index in [0.29, 0.717) is 25.0 Å². The highest BCUT2D eigenvalue weighted by Gasteiger charge is 2.21. The fourth-order valence-corrected chi connectivity index (χ4v) is 2.76. The Hall–Kier alpha value is -0.930. The van der Waals surface area contributed by atoms with Crippen molar-refractivity contribution >= 4 is 11.6 Å². The average molecular weight is 254 g/mol. The molecule has 0 aliphatic carbocycles. The number of hydrogen-bond acceptors (Lipinski definition) is 3. The summed E-state index contributed by atoms with van der Waals surface area (Å²) in [6, 6.07) is 4.57. The SMILES string of the molecule is Clc1c(CC2CCCN2)ccc2c1OCCO2. The smallest absolute Gasteiger partial charge is 0.180 e. The van der Waals surface area contributed by atoms with Crippen molar-refractivity contribution in [2.24, 2.45) is 0 Å². The van der Waals surface area contributed by atoms with Gasteiger partial charge in [0, 0.05) is 6.04 Å². The second kappa shape index (κ2) is 4.75. The Bertz CT molecular complexity index is 416. The number of rotatable bonds is 2. The van der Waals surface area contributed by atoms with E-state index in [1.54, 1.807) is 0 Å². The summed E-state index contributed by atoms with van der Waals surface area (Å²) in [5, 5.41) is 4.20. The predicted molar refractivity (Wildman–Crippen MR) is 67.2 cm³/mol. The van der Waals surface area contributed by atoms with Crippen LogP contribution in [0.15, 0.2) is 12.1 Å². The van der Waals surface area contributed by atoms with Crippen molar-refractivity contribution < 1.29 is 9.47 Å². The van der Waals surface area contributed by atoms with Gasteiger partial charge in [-0.25, -0.2) is 0 Å². The number of hydrogen-bond donors (Lipinski definition) is 1. The first kappa shape index (κ1) is 11.2. The molecule has 0 aromatic heterocycles. The molecule has 2 aliphatic rings. The average Bonchev–Trinajstić information content (AvgIpc) is 2.86. The lowest BCUT2D eigenvalue weighted by Crippen LogP contribution is -2.24. The van der Waals surface area contributed by atoms with E-state index in [1.807, 2.05) is 6.07 Å². The lowest BCUT2D eigenvalue weighted by molar-refractivity contribution is 0.171. The largest absolute Gasteiger partial charge is 0.486 e. The molecule has 1 aromatic rings. The van der Waals surface area contributed by atoms with E-state index >= 15 is 0 Å². The van der Waals surface area contributed by atoms with E-state index in [4.69, 9.17) is 21.1 Å². The maximum Gasteiger partial charge on any atom is 0.180 e. The molecule has 0 bridgehead atoms. The van der Waals surface area contributed by atoms with Crippen LogP contribution in [0.1, 0.15) is 18.4 Å². The maximum absolute atomic E-state index is 6.37. The van der Waals surface area contributed by atoms with E-state index in [1.165, 1.54) is 12.8 Å². The molecule has 0 spiro atoms. The van der Waals surface area contributed by atoms with Crippen LogP contribution in [0.4, 0.5) is 0 Å². The van der Waals surface area contributed by atoms with Gasteiger partial charge < -0.3 is 14.8 Å². The van der Waals surface area contributed by atoms with Crippen molar-refractivity contribution in [1.29, 1.82) is 0 Å². The van der Waals surface area contributed by atoms with Gasteiger partial charge in [0.15, 0.2) is 11.5 Å². The van der Waals surface area contributed by atoms with Gasteiger partial charge in [-0.05, 0) is 37.4 Å². The molecular weight excluding hydrogens is 238 g/mol. The van der Waals surface area contributed by atoms with Gasteiger partial charge in [-0.2, -0.15) is 0 Å². The molecule has 1 aromatic carbocycles. The molecule has 0 amide bonds. The molecule has 0 saturated carbocycles. The van der Waals surface area contributed by atoms with Crippen molar-refractivity contribution in [3.05, 3.63) is 22.7 Å². The normalized spacial score (nSPS) is 22.8. The molecule has 1 saturated heterocycles. The molecule has 1 unspecified atom stereocenters. The summed E-state index contributed by atoms with van der Waals surface area (Å²) in [6.45, 7) is 2.30. The summed E-state index contributed by atoms with van der Waals surface area (Å²) in [5.74, 6) is 1.48. The first-order valence-corrected chi connectivity index (χ1v) is 6.53. The number of ether oxygens (including phenoxy) is 2. The first-order chi connectivity index (χ1) is 8.34. The Morgan fingerprint density at radius 3 is 3.00 bits per heavy atom. The zero-order valence-corrected chi connectivity index (χ0v) is 10.4. The lowest BCUT2D eigenvalue weighted by atomic mass is 10.0. The highest BCUT2D eigenvalue weighted by atomic mass is 35.5. The van der Waals surface area contributed by atoms with Crippen LogP contribution in [0, 0.1) is 0 Å². The van der Waals surface area contributed by atoms with Crippen LogP contribution < -0.4 is 14.8 Å². The molecule has 2 aliphatic heterocycles. The third-order valence-corrected chi connectivity index (χ3v) is 3.77. The van der Waals surface area contributed by atoms with Crippen molar-refractivity contribution in [2.45, 2.75) is 25.3 Å². The zero-order chi connectivity index (χ0) is 11.7. The third kappa shape index (κ3) is 2.22. The monoisotopic (exact) mass is 253 g/mol. The second-order valence-corrected chi connectivity index (χ2v) is 4.94. The highest BCUT2D eigenvalue weighted by molar-refractivity contribution is 6.33. The molecule has 4 heteroatoms. The first-order valence-electron chi connectivity index (χ1n) is 6.15. The Balaban J connectivity index is 1.84. The minimum Gasteiger partial charge on any atom is -0.486 e. The molecule has 1 atom stereocenters. The molecular formula is C13H16ClNO2. The van der Waals surface area contributed by atoms with Crippen LogP contribution in [0.5, 0.6) is 11.5 Å². The van der Waals surface area contributed by atoms with Crippen LogP contribution in [0.2, 0.25) is 5.02 Å². The Morgan fingerprint density at radius 1 is 1.29 bits per heavy atom. The number of nitrogens with one attached hydrogen (secondary N) is 1. The Labute approximate surface area is 106 Å². The van der Waals surface area contributed by atoms with Crippen LogP contribution >= 0.6 is 11.6 Å². The molecule has 0 radical (unpaired) electrons. The van der Waals surface area contributed by atoms with E-state index < -0.39 is 0 Å². The molecule has 1 N–H and O–H groups in total. The van der Waals surface area contributed by atoms with Crippen molar-refractivity contribution in [1.82, 2.24) is 5.32 Å². The summed E-state index contributed by atoms with van der Waals surface area (Å²) in [6.07, 6.45) is 3.45.